The lowest BCUT2D eigenvalue weighted by Gasteiger charge is -2.31. The maximum Gasteiger partial charge on any atom is 0.516 e. The Morgan fingerprint density at radius 2 is 1.15 bits per heavy atom. The summed E-state index contributed by atoms with van der Waals surface area (Å²) in [6.07, 6.45) is 0.315. The Kier molecular flexibility index (Phi) is 5.74. The number of hydrogen-bond acceptors (Lipinski definition) is 4. The average molecular weight is 206 g/mol. The smallest absolute Gasteiger partial charge is 0.368 e. The van der Waals surface area contributed by atoms with Gasteiger partial charge in [-0.3, -0.25) is 9.96 Å². The van der Waals surface area contributed by atoms with Gasteiger partial charge in [-0.1, -0.05) is 0 Å². The second-order valence-electron chi connectivity index (χ2n) is 3.45. The summed E-state index contributed by atoms with van der Waals surface area (Å²) in [5.74, 6) is 0. The first-order valence-electron chi connectivity index (χ1n) is 4.69. The summed E-state index contributed by atoms with van der Waals surface area (Å²) in [5.41, 5.74) is 0. The van der Waals surface area contributed by atoms with Gasteiger partial charge in [0, 0.05) is 12.2 Å². The van der Waals surface area contributed by atoms with Crippen molar-refractivity contribution in [3.63, 3.8) is 0 Å². The topological polar surface area (TPSA) is 42.5 Å². The molecule has 2 N–H and O–H groups in total. The van der Waals surface area contributed by atoms with E-state index in [-0.39, 0.29) is 12.2 Å². The van der Waals surface area contributed by atoms with Crippen LogP contribution < -0.4 is 9.96 Å². The van der Waals surface area contributed by atoms with Crippen LogP contribution in [0.4, 0.5) is 0 Å². The summed E-state index contributed by atoms with van der Waals surface area (Å²) in [5, 5.41) is 0. The molecule has 0 fully saturated rings. The highest BCUT2D eigenvalue weighted by molar-refractivity contribution is 6.62. The summed E-state index contributed by atoms with van der Waals surface area (Å²) in [6, 6.07) is 0. The molecule has 0 aromatic heterocycles. The van der Waals surface area contributed by atoms with Crippen molar-refractivity contribution in [2.45, 2.75) is 39.9 Å². The lowest BCUT2D eigenvalue weighted by molar-refractivity contribution is 0.0904. The van der Waals surface area contributed by atoms with Gasteiger partial charge in [-0.2, -0.15) is 0 Å². The van der Waals surface area contributed by atoms with E-state index in [1.807, 2.05) is 41.8 Å². The Balaban J connectivity index is 4.30. The third-order valence-corrected chi connectivity index (χ3v) is 4.38. The molecule has 0 radical (unpaired) electrons. The zero-order valence-electron chi connectivity index (χ0n) is 9.47. The molecule has 0 rings (SSSR count). The molecule has 0 aliphatic carbocycles. The number of rotatable bonds is 6. The summed E-state index contributed by atoms with van der Waals surface area (Å²) in [6.45, 7) is 8.00. The van der Waals surface area contributed by atoms with Gasteiger partial charge in [0.15, 0.2) is 0 Å². The molecule has 5 heteroatoms. The van der Waals surface area contributed by atoms with Gasteiger partial charge in [-0.15, -0.1) is 0 Å². The fourth-order valence-corrected chi connectivity index (χ4v) is 3.16. The molecule has 0 heterocycles. The first-order chi connectivity index (χ1) is 5.95. The van der Waals surface area contributed by atoms with E-state index in [1.54, 1.807) is 0 Å². The molecule has 0 saturated carbocycles. The van der Waals surface area contributed by atoms with Crippen molar-refractivity contribution in [3.8, 4) is 0 Å². The van der Waals surface area contributed by atoms with E-state index in [2.05, 4.69) is 9.96 Å². The van der Waals surface area contributed by atoms with Gasteiger partial charge in [0.1, 0.15) is 0 Å². The maximum atomic E-state index is 5.74. The Morgan fingerprint density at radius 3 is 1.31 bits per heavy atom. The average Bonchev–Trinajstić information content (AvgIpc) is 2.01. The molecule has 4 nitrogen and oxygen atoms in total. The minimum atomic E-state index is -2.37. The molecule has 80 valence electrons. The molecule has 0 spiro atoms. The minimum Gasteiger partial charge on any atom is -0.368 e. The normalized spacial score (nSPS) is 12.9. The molecule has 0 saturated heterocycles. The molecule has 0 aromatic rings. The second-order valence-corrected chi connectivity index (χ2v) is 6.15. The number of hydrogen-bond donors (Lipinski definition) is 2. The summed E-state index contributed by atoms with van der Waals surface area (Å²) >= 11 is 0. The van der Waals surface area contributed by atoms with Crippen molar-refractivity contribution in [3.05, 3.63) is 0 Å². The van der Waals surface area contributed by atoms with E-state index < -0.39 is 8.88 Å². The summed E-state index contributed by atoms with van der Waals surface area (Å²) < 4.78 is 11.5. The van der Waals surface area contributed by atoms with Crippen LogP contribution in [0.5, 0.6) is 0 Å². The lowest BCUT2D eigenvalue weighted by Crippen LogP contribution is -2.66. The maximum absolute atomic E-state index is 5.74. The molecule has 0 aliphatic heterocycles. The van der Waals surface area contributed by atoms with Crippen molar-refractivity contribution < 1.29 is 8.85 Å². The van der Waals surface area contributed by atoms with Crippen molar-refractivity contribution in [1.29, 1.82) is 0 Å². The van der Waals surface area contributed by atoms with Crippen molar-refractivity contribution in [2.24, 2.45) is 0 Å². The lowest BCUT2D eigenvalue weighted by atomic mass is 10.5. The van der Waals surface area contributed by atoms with Crippen LogP contribution in [0.3, 0.4) is 0 Å². The van der Waals surface area contributed by atoms with Gasteiger partial charge >= 0.3 is 8.88 Å². The van der Waals surface area contributed by atoms with E-state index in [4.69, 9.17) is 8.85 Å². The molecule has 0 aliphatic rings. The Morgan fingerprint density at radius 1 is 0.846 bits per heavy atom. The van der Waals surface area contributed by atoms with Gasteiger partial charge < -0.3 is 8.85 Å². The zero-order chi connectivity index (χ0) is 10.5. The van der Waals surface area contributed by atoms with Crippen LogP contribution in [0.15, 0.2) is 0 Å². The Labute approximate surface area is 82.4 Å². The van der Waals surface area contributed by atoms with E-state index in [1.165, 1.54) is 0 Å². The highest BCUT2D eigenvalue weighted by atomic mass is 28.4. The molecule has 0 amide bonds. The highest BCUT2D eigenvalue weighted by Crippen LogP contribution is 2.05. The van der Waals surface area contributed by atoms with E-state index >= 15 is 0 Å². The van der Waals surface area contributed by atoms with E-state index in [0.29, 0.717) is 0 Å². The zero-order valence-corrected chi connectivity index (χ0v) is 10.5. The van der Waals surface area contributed by atoms with Crippen molar-refractivity contribution in [2.75, 3.05) is 14.1 Å². The van der Waals surface area contributed by atoms with Crippen LogP contribution in [0.25, 0.3) is 0 Å². The molecular weight excluding hydrogens is 184 g/mol. The highest BCUT2D eigenvalue weighted by Gasteiger charge is 2.38. The van der Waals surface area contributed by atoms with Crippen LogP contribution in [-0.4, -0.2) is 35.2 Å². The fourth-order valence-electron chi connectivity index (χ4n) is 1.05. The SMILES string of the molecule is CN[Si](NC)(OC(C)C)OC(C)C. The molecule has 0 atom stereocenters. The molecule has 0 bridgehead atoms. The predicted molar refractivity (Wildman–Crippen MR) is 56.3 cm³/mol. The first kappa shape index (κ1) is 13.1. The molecule has 0 aromatic carbocycles. The molecular formula is C8H22N2O2Si. The van der Waals surface area contributed by atoms with Crippen molar-refractivity contribution in [1.82, 2.24) is 9.96 Å². The van der Waals surface area contributed by atoms with Crippen LogP contribution in [-0.2, 0) is 8.85 Å². The quantitative estimate of drug-likeness (QED) is 0.628. The van der Waals surface area contributed by atoms with Gasteiger partial charge in [0.25, 0.3) is 0 Å². The van der Waals surface area contributed by atoms with Crippen LogP contribution >= 0.6 is 0 Å². The van der Waals surface area contributed by atoms with Crippen LogP contribution in [0, 0.1) is 0 Å². The third-order valence-electron chi connectivity index (χ3n) is 1.46. The van der Waals surface area contributed by atoms with Crippen LogP contribution in [0.1, 0.15) is 27.7 Å². The van der Waals surface area contributed by atoms with Crippen LogP contribution in [0.2, 0.25) is 0 Å². The minimum absolute atomic E-state index is 0.158. The summed E-state index contributed by atoms with van der Waals surface area (Å²) in [4.78, 5) is 6.22. The van der Waals surface area contributed by atoms with E-state index in [9.17, 15) is 0 Å². The first-order valence-corrected chi connectivity index (χ1v) is 6.51. The Bertz CT molecular complexity index is 126. The predicted octanol–water partition coefficient (Wildman–Crippen LogP) is 0.711. The molecule has 13 heavy (non-hydrogen) atoms. The largest absolute Gasteiger partial charge is 0.516 e. The second kappa shape index (κ2) is 5.72. The molecule has 0 unspecified atom stereocenters. The van der Waals surface area contributed by atoms with Gasteiger partial charge in [0.05, 0.1) is 0 Å². The fraction of sp³-hybridized carbons (Fsp3) is 1.00. The van der Waals surface area contributed by atoms with Gasteiger partial charge in [0.2, 0.25) is 0 Å². The summed E-state index contributed by atoms with van der Waals surface area (Å²) in [7, 11) is 1.34. The number of nitrogens with one attached hydrogen (secondary N) is 2. The van der Waals surface area contributed by atoms with E-state index in [0.717, 1.165) is 0 Å². The monoisotopic (exact) mass is 206 g/mol. The van der Waals surface area contributed by atoms with Gasteiger partial charge in [-0.05, 0) is 41.8 Å². The van der Waals surface area contributed by atoms with Crippen molar-refractivity contribution >= 4 is 8.88 Å². The Hall–Kier alpha value is 0.0569. The van der Waals surface area contributed by atoms with Gasteiger partial charge in [-0.25, -0.2) is 0 Å². The standard InChI is InChI=1S/C8H22N2O2Si/c1-7(2)11-13(9-5,10-6)12-8(3)4/h7-10H,1-6H3. The third kappa shape index (κ3) is 4.73.